The van der Waals surface area contributed by atoms with Crippen molar-refractivity contribution in [3.8, 4) is 0 Å². The van der Waals surface area contributed by atoms with Crippen molar-refractivity contribution in [1.82, 2.24) is 10.3 Å². The molecule has 0 aromatic carbocycles. The van der Waals surface area contributed by atoms with E-state index in [0.29, 0.717) is 6.54 Å². The molecule has 1 aromatic rings. The Bertz CT molecular complexity index is 293. The maximum atomic E-state index is 10.5. The predicted molar refractivity (Wildman–Crippen MR) is 52.0 cm³/mol. The minimum atomic E-state index is -0.0145. The lowest BCUT2D eigenvalue weighted by Gasteiger charge is -1.94. The number of rotatable bonds is 3. The van der Waals surface area contributed by atoms with Crippen LogP contribution in [0.5, 0.6) is 0 Å². The smallest absolute Gasteiger partial charge is 0.217 e. The maximum Gasteiger partial charge on any atom is 0.217 e. The molecule has 0 bridgehead atoms. The van der Waals surface area contributed by atoms with Gasteiger partial charge in [0.2, 0.25) is 5.91 Å². The first-order valence-corrected chi connectivity index (χ1v) is 4.10. The monoisotopic (exact) mass is 176 g/mol. The molecule has 1 rings (SSSR count). The molecule has 3 heteroatoms. The van der Waals surface area contributed by atoms with Crippen molar-refractivity contribution < 1.29 is 4.79 Å². The number of carbonyl (C=O) groups excluding carboxylic acids is 1. The molecule has 0 unspecified atom stereocenters. The summed E-state index contributed by atoms with van der Waals surface area (Å²) in [5, 5.41) is 2.67. The number of hydrogen-bond acceptors (Lipinski definition) is 2. The molecule has 68 valence electrons. The molecule has 1 heterocycles. The molecule has 0 saturated heterocycles. The molecular weight excluding hydrogens is 164 g/mol. The molecule has 0 aliphatic heterocycles. The maximum absolute atomic E-state index is 10.5. The van der Waals surface area contributed by atoms with Crippen molar-refractivity contribution in [2.24, 2.45) is 0 Å². The van der Waals surface area contributed by atoms with Gasteiger partial charge in [0.15, 0.2) is 0 Å². The van der Waals surface area contributed by atoms with E-state index in [1.165, 1.54) is 6.92 Å². The molecule has 13 heavy (non-hydrogen) atoms. The summed E-state index contributed by atoms with van der Waals surface area (Å²) in [6.45, 7) is 2.07. The van der Waals surface area contributed by atoms with E-state index in [-0.39, 0.29) is 5.91 Å². The molecule has 0 spiro atoms. The summed E-state index contributed by atoms with van der Waals surface area (Å²) < 4.78 is 0. The minimum Gasteiger partial charge on any atom is -0.353 e. The van der Waals surface area contributed by atoms with Crippen LogP contribution < -0.4 is 5.32 Å². The molecule has 0 aliphatic carbocycles. The lowest BCUT2D eigenvalue weighted by molar-refractivity contribution is -0.118. The van der Waals surface area contributed by atoms with Gasteiger partial charge in [-0.25, -0.2) is 0 Å². The van der Waals surface area contributed by atoms with Gasteiger partial charge in [-0.3, -0.25) is 9.78 Å². The van der Waals surface area contributed by atoms with Crippen LogP contribution in [0.4, 0.5) is 0 Å². The molecular formula is C10H12N2O. The second-order valence-corrected chi connectivity index (χ2v) is 2.62. The lowest BCUT2D eigenvalue weighted by atomic mass is 10.2. The van der Waals surface area contributed by atoms with Crippen LogP contribution in [0.2, 0.25) is 0 Å². The summed E-state index contributed by atoms with van der Waals surface area (Å²) in [5.74, 6) is -0.0145. The minimum absolute atomic E-state index is 0.0145. The average molecular weight is 176 g/mol. The van der Waals surface area contributed by atoms with Gasteiger partial charge in [0.1, 0.15) is 0 Å². The Labute approximate surface area is 77.5 Å². The SMILES string of the molecule is CC(=O)NCC=Cc1ccncc1. The first-order chi connectivity index (χ1) is 6.29. The van der Waals surface area contributed by atoms with E-state index in [4.69, 9.17) is 0 Å². The fourth-order valence-electron chi connectivity index (χ4n) is 0.872. The van der Waals surface area contributed by atoms with Crippen molar-refractivity contribution in [1.29, 1.82) is 0 Å². The average Bonchev–Trinajstić information content (AvgIpc) is 2.14. The third kappa shape index (κ3) is 4.06. The largest absolute Gasteiger partial charge is 0.353 e. The molecule has 0 radical (unpaired) electrons. The van der Waals surface area contributed by atoms with Gasteiger partial charge in [0, 0.05) is 25.9 Å². The van der Waals surface area contributed by atoms with E-state index in [0.717, 1.165) is 5.56 Å². The number of hydrogen-bond donors (Lipinski definition) is 1. The lowest BCUT2D eigenvalue weighted by Crippen LogP contribution is -2.19. The Morgan fingerprint density at radius 3 is 2.85 bits per heavy atom. The van der Waals surface area contributed by atoms with E-state index >= 15 is 0 Å². The highest BCUT2D eigenvalue weighted by Crippen LogP contribution is 1.97. The van der Waals surface area contributed by atoms with Crippen molar-refractivity contribution in [3.05, 3.63) is 36.2 Å². The van der Waals surface area contributed by atoms with Crippen LogP contribution in [0.25, 0.3) is 6.08 Å². The van der Waals surface area contributed by atoms with Crippen LogP contribution in [0.1, 0.15) is 12.5 Å². The summed E-state index contributed by atoms with van der Waals surface area (Å²) in [6.07, 6.45) is 7.31. The highest BCUT2D eigenvalue weighted by Gasteiger charge is 1.85. The Kier molecular flexibility index (Phi) is 3.70. The normalized spacial score (nSPS) is 10.2. The first-order valence-electron chi connectivity index (χ1n) is 4.10. The Morgan fingerprint density at radius 1 is 1.54 bits per heavy atom. The van der Waals surface area contributed by atoms with E-state index in [2.05, 4.69) is 10.3 Å². The van der Waals surface area contributed by atoms with Crippen molar-refractivity contribution >= 4 is 12.0 Å². The topological polar surface area (TPSA) is 42.0 Å². The summed E-state index contributed by atoms with van der Waals surface area (Å²) in [7, 11) is 0. The van der Waals surface area contributed by atoms with Gasteiger partial charge in [-0.05, 0) is 17.7 Å². The quantitative estimate of drug-likeness (QED) is 0.752. The van der Waals surface area contributed by atoms with E-state index < -0.39 is 0 Å². The summed E-state index contributed by atoms with van der Waals surface area (Å²) >= 11 is 0. The van der Waals surface area contributed by atoms with Crippen LogP contribution in [0.3, 0.4) is 0 Å². The fraction of sp³-hybridized carbons (Fsp3) is 0.200. The number of pyridine rings is 1. The second kappa shape index (κ2) is 5.09. The van der Waals surface area contributed by atoms with Gasteiger partial charge in [-0.15, -0.1) is 0 Å². The van der Waals surface area contributed by atoms with Crippen LogP contribution in [-0.2, 0) is 4.79 Å². The highest BCUT2D eigenvalue weighted by atomic mass is 16.1. The second-order valence-electron chi connectivity index (χ2n) is 2.62. The van der Waals surface area contributed by atoms with Crippen LogP contribution in [0.15, 0.2) is 30.6 Å². The zero-order valence-electron chi connectivity index (χ0n) is 7.53. The molecule has 1 amide bonds. The predicted octanol–water partition coefficient (Wildman–Crippen LogP) is 1.23. The molecule has 1 N–H and O–H groups in total. The fourth-order valence-corrected chi connectivity index (χ4v) is 0.872. The van der Waals surface area contributed by atoms with Crippen LogP contribution >= 0.6 is 0 Å². The molecule has 3 nitrogen and oxygen atoms in total. The number of amides is 1. The van der Waals surface area contributed by atoms with E-state index in [9.17, 15) is 4.79 Å². The van der Waals surface area contributed by atoms with Gasteiger partial charge >= 0.3 is 0 Å². The van der Waals surface area contributed by atoms with Crippen molar-refractivity contribution in [3.63, 3.8) is 0 Å². The van der Waals surface area contributed by atoms with Crippen LogP contribution in [-0.4, -0.2) is 17.4 Å². The molecule has 1 aromatic heterocycles. The molecule has 0 fully saturated rings. The van der Waals surface area contributed by atoms with Crippen molar-refractivity contribution in [2.45, 2.75) is 6.92 Å². The number of nitrogens with one attached hydrogen (secondary N) is 1. The summed E-state index contributed by atoms with van der Waals surface area (Å²) in [5.41, 5.74) is 1.08. The number of nitrogens with zero attached hydrogens (tertiary/aromatic N) is 1. The Hall–Kier alpha value is -1.64. The van der Waals surface area contributed by atoms with Crippen LogP contribution in [0, 0.1) is 0 Å². The molecule has 0 aliphatic rings. The summed E-state index contributed by atoms with van der Waals surface area (Å²) in [6, 6.07) is 3.81. The zero-order valence-corrected chi connectivity index (χ0v) is 7.53. The number of aromatic nitrogens is 1. The van der Waals surface area contributed by atoms with E-state index in [1.807, 2.05) is 24.3 Å². The van der Waals surface area contributed by atoms with Crippen molar-refractivity contribution in [2.75, 3.05) is 6.54 Å². The van der Waals surface area contributed by atoms with Gasteiger partial charge in [0.25, 0.3) is 0 Å². The Balaban J connectivity index is 2.37. The number of carbonyl (C=O) groups is 1. The van der Waals surface area contributed by atoms with Gasteiger partial charge < -0.3 is 5.32 Å². The third-order valence-electron chi connectivity index (χ3n) is 1.49. The zero-order chi connectivity index (χ0) is 9.52. The first kappa shape index (κ1) is 9.45. The Morgan fingerprint density at radius 2 is 2.23 bits per heavy atom. The van der Waals surface area contributed by atoms with Gasteiger partial charge in [0.05, 0.1) is 0 Å². The molecule has 0 atom stereocenters. The highest BCUT2D eigenvalue weighted by molar-refractivity contribution is 5.73. The van der Waals surface area contributed by atoms with Gasteiger partial charge in [-0.1, -0.05) is 12.2 Å². The van der Waals surface area contributed by atoms with E-state index in [1.54, 1.807) is 12.4 Å². The molecule has 0 saturated carbocycles. The van der Waals surface area contributed by atoms with Gasteiger partial charge in [-0.2, -0.15) is 0 Å². The summed E-state index contributed by atoms with van der Waals surface area (Å²) in [4.78, 5) is 14.4. The standard InChI is InChI=1S/C10H12N2O/c1-9(13)12-6-2-3-10-4-7-11-8-5-10/h2-5,7-8H,6H2,1H3,(H,12,13). The third-order valence-corrected chi connectivity index (χ3v) is 1.49.